The molecule has 1 aliphatic rings. The first kappa shape index (κ1) is 24.4. The molecule has 1 fully saturated rings. The molecular formula is C19H30FO4Rh-. The van der Waals surface area contributed by atoms with Gasteiger partial charge in [0.1, 0.15) is 12.1 Å². The average molecular weight is 444 g/mol. The van der Waals surface area contributed by atoms with Crippen molar-refractivity contribution in [3.05, 3.63) is 24.8 Å². The summed E-state index contributed by atoms with van der Waals surface area (Å²) >= 11 is 0. The third-order valence-corrected chi connectivity index (χ3v) is 5.53. The van der Waals surface area contributed by atoms with Crippen molar-refractivity contribution in [2.75, 3.05) is 0 Å². The third kappa shape index (κ3) is 3.63. The molecule has 0 aromatic carbocycles. The number of hydrogen-bond donors (Lipinski definition) is 1. The van der Waals surface area contributed by atoms with Crippen molar-refractivity contribution in [1.29, 1.82) is 0 Å². The van der Waals surface area contributed by atoms with E-state index in [9.17, 15) is 9.90 Å². The summed E-state index contributed by atoms with van der Waals surface area (Å²) in [7, 11) is 0. The van der Waals surface area contributed by atoms with Gasteiger partial charge in [-0.1, -0.05) is 26.8 Å². The Morgan fingerprint density at radius 3 is 2.24 bits per heavy atom. The Bertz CT molecular complexity index is 532. The number of ether oxygens (including phenoxy) is 2. The standard InChI is InChI=1S/C19H30FO4.Rh/c1-9-12-18(11-3)15(23-14(21)10-2)17(8,20)19(22,13(4)5)24-16(18,6)7;/h15,22H,2,4,9,11-12H2,1,3,5-8H3;/q-1;. The molecule has 4 atom stereocenters. The Morgan fingerprint density at radius 2 is 1.88 bits per heavy atom. The molecule has 1 saturated heterocycles. The topological polar surface area (TPSA) is 55.8 Å². The van der Waals surface area contributed by atoms with E-state index in [2.05, 4.69) is 19.2 Å². The van der Waals surface area contributed by atoms with Gasteiger partial charge in [-0.2, -0.15) is 0 Å². The van der Waals surface area contributed by atoms with Gasteiger partial charge in [-0.15, -0.1) is 0 Å². The molecule has 0 bridgehead atoms. The van der Waals surface area contributed by atoms with Gasteiger partial charge in [0.25, 0.3) is 0 Å². The molecule has 1 rings (SSSR count). The Labute approximate surface area is 163 Å². The Balaban J connectivity index is 0.00000576. The molecule has 0 saturated carbocycles. The van der Waals surface area contributed by atoms with E-state index in [4.69, 9.17) is 9.47 Å². The number of aliphatic hydroxyl groups is 1. The predicted molar refractivity (Wildman–Crippen MR) is 90.8 cm³/mol. The van der Waals surface area contributed by atoms with E-state index in [0.717, 1.165) is 6.42 Å². The summed E-state index contributed by atoms with van der Waals surface area (Å²) in [4.78, 5) is 11.9. The molecule has 0 amide bonds. The quantitative estimate of drug-likeness (QED) is 0.222. The summed E-state index contributed by atoms with van der Waals surface area (Å²) < 4.78 is 27.2. The fourth-order valence-corrected chi connectivity index (χ4v) is 4.13. The van der Waals surface area contributed by atoms with Gasteiger partial charge >= 0.3 is 0 Å². The van der Waals surface area contributed by atoms with E-state index in [1.165, 1.54) is 13.8 Å². The second kappa shape index (κ2) is 7.98. The van der Waals surface area contributed by atoms with Gasteiger partial charge in [-0.05, 0) is 46.1 Å². The zero-order valence-electron chi connectivity index (χ0n) is 16.0. The number of esters is 1. The molecule has 1 N–H and O–H groups in total. The number of alkyl halides is 1. The number of carbonyl (C=O) groups excluding carboxylic acids is 1. The molecule has 0 spiro atoms. The molecule has 1 radical (unpaired) electrons. The van der Waals surface area contributed by atoms with Crippen molar-refractivity contribution in [1.82, 2.24) is 0 Å². The van der Waals surface area contributed by atoms with Crippen LogP contribution in [-0.2, 0) is 33.7 Å². The van der Waals surface area contributed by atoms with Gasteiger partial charge < -0.3 is 20.7 Å². The molecule has 147 valence electrons. The van der Waals surface area contributed by atoms with Crippen molar-refractivity contribution in [3.63, 3.8) is 0 Å². The average Bonchev–Trinajstić information content (AvgIpc) is 2.47. The minimum absolute atomic E-state index is 0. The molecule has 6 heteroatoms. The van der Waals surface area contributed by atoms with Crippen LogP contribution in [0.15, 0.2) is 18.7 Å². The van der Waals surface area contributed by atoms with E-state index >= 15 is 4.39 Å². The molecule has 1 heterocycles. The maximum absolute atomic E-state index is 15.9. The van der Waals surface area contributed by atoms with Gasteiger partial charge in [0.15, 0.2) is 0 Å². The summed E-state index contributed by atoms with van der Waals surface area (Å²) in [6.07, 6.45) is 2.70. The fraction of sp³-hybridized carbons (Fsp3) is 0.737. The number of rotatable bonds is 6. The van der Waals surface area contributed by atoms with Crippen LogP contribution in [0.1, 0.15) is 60.8 Å². The van der Waals surface area contributed by atoms with Crippen LogP contribution in [0.5, 0.6) is 0 Å². The van der Waals surface area contributed by atoms with Gasteiger partial charge in [0.05, 0.1) is 5.60 Å². The molecule has 4 nitrogen and oxygen atoms in total. The van der Waals surface area contributed by atoms with Crippen LogP contribution in [0, 0.1) is 11.5 Å². The first-order valence-electron chi connectivity index (χ1n) is 8.37. The Morgan fingerprint density at radius 1 is 1.36 bits per heavy atom. The SMILES string of the molecule is C=[C-]C(=O)OC1C(C)(F)C(O)(C(=C)C)OC(C)(C)C1(CC)CCC.[Rh]. The molecule has 0 aromatic heterocycles. The molecule has 0 aromatic rings. The maximum atomic E-state index is 15.9. The first-order chi connectivity index (χ1) is 10.9. The summed E-state index contributed by atoms with van der Waals surface area (Å²) in [6, 6.07) is 0. The number of hydrogen-bond acceptors (Lipinski definition) is 4. The summed E-state index contributed by atoms with van der Waals surface area (Å²) in [6.45, 7) is 17.1. The van der Waals surface area contributed by atoms with Crippen LogP contribution in [0.4, 0.5) is 4.39 Å². The van der Waals surface area contributed by atoms with Gasteiger partial charge in [0, 0.05) is 24.9 Å². The predicted octanol–water partition coefficient (Wildman–Crippen LogP) is 3.88. The van der Waals surface area contributed by atoms with Crippen molar-refractivity contribution >= 4 is 5.97 Å². The van der Waals surface area contributed by atoms with E-state index in [0.29, 0.717) is 12.8 Å². The van der Waals surface area contributed by atoms with Crippen molar-refractivity contribution in [2.24, 2.45) is 5.41 Å². The number of carbonyl (C=O) groups is 1. The monoisotopic (exact) mass is 444 g/mol. The Kier molecular flexibility index (Phi) is 7.79. The molecule has 25 heavy (non-hydrogen) atoms. The van der Waals surface area contributed by atoms with E-state index in [1.54, 1.807) is 13.8 Å². The summed E-state index contributed by atoms with van der Waals surface area (Å²) in [5.41, 5.74) is -4.04. The van der Waals surface area contributed by atoms with Crippen LogP contribution in [0.2, 0.25) is 0 Å². The molecule has 1 aliphatic heterocycles. The van der Waals surface area contributed by atoms with Crippen LogP contribution in [-0.4, -0.2) is 34.2 Å². The second-order valence-corrected chi connectivity index (χ2v) is 7.33. The fourth-order valence-electron chi connectivity index (χ4n) is 4.13. The van der Waals surface area contributed by atoms with E-state index < -0.39 is 34.5 Å². The van der Waals surface area contributed by atoms with Crippen LogP contribution in [0.25, 0.3) is 0 Å². The maximum Gasteiger partial charge on any atom is 0.227 e. The van der Waals surface area contributed by atoms with Crippen LogP contribution >= 0.6 is 0 Å². The smallest absolute Gasteiger partial charge is 0.227 e. The van der Waals surface area contributed by atoms with Gasteiger partial charge in [0.2, 0.25) is 11.5 Å². The molecule has 4 unspecified atom stereocenters. The molecule has 0 aliphatic carbocycles. The summed E-state index contributed by atoms with van der Waals surface area (Å²) in [5.74, 6) is -3.12. The van der Waals surface area contributed by atoms with E-state index in [1.807, 2.05) is 13.8 Å². The van der Waals surface area contributed by atoms with Crippen LogP contribution in [0.3, 0.4) is 0 Å². The Hall–Kier alpha value is -0.577. The zero-order chi connectivity index (χ0) is 19.0. The van der Waals surface area contributed by atoms with Crippen LogP contribution < -0.4 is 0 Å². The largest absolute Gasteiger partial charge is 0.482 e. The minimum atomic E-state index is -2.38. The second-order valence-electron chi connectivity index (χ2n) is 7.33. The van der Waals surface area contributed by atoms with E-state index in [-0.39, 0.29) is 25.1 Å². The zero-order valence-corrected chi connectivity index (χ0v) is 17.6. The number of halogens is 1. The minimum Gasteiger partial charge on any atom is -0.482 e. The van der Waals surface area contributed by atoms with Gasteiger partial charge in [-0.3, -0.25) is 11.4 Å². The van der Waals surface area contributed by atoms with Gasteiger partial charge in [-0.25, -0.2) is 4.39 Å². The van der Waals surface area contributed by atoms with Crippen molar-refractivity contribution < 1.29 is 43.2 Å². The summed E-state index contributed by atoms with van der Waals surface area (Å²) in [5, 5.41) is 10.9. The van der Waals surface area contributed by atoms with Crippen molar-refractivity contribution in [2.45, 2.75) is 84.0 Å². The van der Waals surface area contributed by atoms with Crippen molar-refractivity contribution in [3.8, 4) is 0 Å². The normalized spacial score (nSPS) is 36.9. The third-order valence-electron chi connectivity index (χ3n) is 5.53. The first-order valence-corrected chi connectivity index (χ1v) is 8.37. The molecular weight excluding hydrogens is 414 g/mol.